The highest BCUT2D eigenvalue weighted by molar-refractivity contribution is 5.95. The van der Waals surface area contributed by atoms with Crippen LogP contribution in [-0.2, 0) is 17.8 Å². The first kappa shape index (κ1) is 20.3. The van der Waals surface area contributed by atoms with Gasteiger partial charge in [0.15, 0.2) is 0 Å². The summed E-state index contributed by atoms with van der Waals surface area (Å²) in [5, 5.41) is 12.2. The third kappa shape index (κ3) is 4.48. The van der Waals surface area contributed by atoms with Crippen molar-refractivity contribution in [2.45, 2.75) is 26.8 Å². The number of nitrogens with one attached hydrogen (secondary N) is 1. The molecule has 0 bridgehead atoms. The van der Waals surface area contributed by atoms with Crippen LogP contribution in [0.2, 0.25) is 0 Å². The van der Waals surface area contributed by atoms with Gasteiger partial charge in [-0.1, -0.05) is 32.0 Å². The largest absolute Gasteiger partial charge is 0.419 e. The van der Waals surface area contributed by atoms with Gasteiger partial charge in [-0.3, -0.25) is 9.59 Å². The SMILES string of the molecule is CC(C)Cc1nnc(-c2cc3ccccc3n2CC(=O)Nc2ccc(C(N)=O)cc2)o1. The highest BCUT2D eigenvalue weighted by Gasteiger charge is 2.18. The first-order valence-corrected chi connectivity index (χ1v) is 10.0. The topological polar surface area (TPSA) is 116 Å². The van der Waals surface area contributed by atoms with Gasteiger partial charge in [0, 0.05) is 28.6 Å². The fourth-order valence-corrected chi connectivity index (χ4v) is 3.41. The van der Waals surface area contributed by atoms with Crippen molar-refractivity contribution in [3.63, 3.8) is 0 Å². The number of nitrogens with two attached hydrogens (primary N) is 1. The number of carbonyl (C=O) groups excluding carboxylic acids is 2. The van der Waals surface area contributed by atoms with E-state index in [9.17, 15) is 9.59 Å². The summed E-state index contributed by atoms with van der Waals surface area (Å²) in [4.78, 5) is 24.0. The number of amides is 2. The van der Waals surface area contributed by atoms with E-state index in [1.807, 2.05) is 34.9 Å². The van der Waals surface area contributed by atoms with E-state index < -0.39 is 5.91 Å². The Hall–Kier alpha value is -3.94. The van der Waals surface area contributed by atoms with E-state index in [2.05, 4.69) is 29.4 Å². The Morgan fingerprint density at radius 2 is 1.84 bits per heavy atom. The summed E-state index contributed by atoms with van der Waals surface area (Å²) >= 11 is 0. The van der Waals surface area contributed by atoms with E-state index in [0.29, 0.717) is 41.1 Å². The summed E-state index contributed by atoms with van der Waals surface area (Å²) in [6.45, 7) is 4.23. The monoisotopic (exact) mass is 417 g/mol. The van der Waals surface area contributed by atoms with Gasteiger partial charge < -0.3 is 20.0 Å². The van der Waals surface area contributed by atoms with Crippen molar-refractivity contribution in [2.75, 3.05) is 5.32 Å². The Balaban J connectivity index is 1.61. The van der Waals surface area contributed by atoms with Crippen LogP contribution >= 0.6 is 0 Å². The van der Waals surface area contributed by atoms with E-state index in [-0.39, 0.29) is 12.5 Å². The summed E-state index contributed by atoms with van der Waals surface area (Å²) in [5.74, 6) is 0.603. The zero-order valence-electron chi connectivity index (χ0n) is 17.3. The first-order chi connectivity index (χ1) is 14.9. The van der Waals surface area contributed by atoms with Crippen LogP contribution in [0.5, 0.6) is 0 Å². The minimum atomic E-state index is -0.516. The summed E-state index contributed by atoms with van der Waals surface area (Å²) in [5.41, 5.74) is 7.79. The van der Waals surface area contributed by atoms with E-state index in [1.54, 1.807) is 24.3 Å². The molecular weight excluding hydrogens is 394 g/mol. The Labute approximate surface area is 179 Å². The molecule has 2 aromatic carbocycles. The van der Waals surface area contributed by atoms with Gasteiger partial charge in [0.05, 0.1) is 0 Å². The van der Waals surface area contributed by atoms with Crippen LogP contribution in [0.1, 0.15) is 30.1 Å². The van der Waals surface area contributed by atoms with Crippen molar-refractivity contribution in [1.82, 2.24) is 14.8 Å². The van der Waals surface area contributed by atoms with Crippen LogP contribution in [0.3, 0.4) is 0 Å². The lowest BCUT2D eigenvalue weighted by molar-refractivity contribution is -0.116. The molecule has 0 aliphatic rings. The predicted octanol–water partition coefficient (Wildman–Crippen LogP) is 3.63. The Morgan fingerprint density at radius 3 is 2.55 bits per heavy atom. The van der Waals surface area contributed by atoms with Crippen molar-refractivity contribution >= 4 is 28.4 Å². The number of nitrogens with zero attached hydrogens (tertiary/aromatic N) is 3. The summed E-state index contributed by atoms with van der Waals surface area (Å²) in [6.07, 6.45) is 0.689. The van der Waals surface area contributed by atoms with Crippen molar-refractivity contribution in [3.05, 3.63) is 66.1 Å². The van der Waals surface area contributed by atoms with Gasteiger partial charge in [-0.25, -0.2) is 0 Å². The third-order valence-corrected chi connectivity index (χ3v) is 4.83. The smallest absolute Gasteiger partial charge is 0.264 e. The van der Waals surface area contributed by atoms with Gasteiger partial charge in [-0.15, -0.1) is 10.2 Å². The summed E-state index contributed by atoms with van der Waals surface area (Å²) in [6, 6.07) is 16.1. The number of anilines is 1. The van der Waals surface area contributed by atoms with Gasteiger partial charge in [0.25, 0.3) is 5.89 Å². The highest BCUT2D eigenvalue weighted by Crippen LogP contribution is 2.28. The van der Waals surface area contributed by atoms with Crippen molar-refractivity contribution in [2.24, 2.45) is 11.7 Å². The average molecular weight is 417 g/mol. The van der Waals surface area contributed by atoms with Crippen LogP contribution < -0.4 is 11.1 Å². The van der Waals surface area contributed by atoms with Gasteiger partial charge in [0.1, 0.15) is 12.2 Å². The minimum absolute atomic E-state index is 0.0578. The number of aromatic nitrogens is 3. The lowest BCUT2D eigenvalue weighted by atomic mass is 10.1. The van der Waals surface area contributed by atoms with Gasteiger partial charge in [-0.2, -0.15) is 0 Å². The second-order valence-electron chi connectivity index (χ2n) is 7.76. The predicted molar refractivity (Wildman–Crippen MR) is 117 cm³/mol. The molecule has 8 nitrogen and oxygen atoms in total. The van der Waals surface area contributed by atoms with Crippen LogP contribution in [0.15, 0.2) is 59.0 Å². The lowest BCUT2D eigenvalue weighted by Crippen LogP contribution is -2.19. The quantitative estimate of drug-likeness (QED) is 0.476. The highest BCUT2D eigenvalue weighted by atomic mass is 16.4. The van der Waals surface area contributed by atoms with Crippen molar-refractivity contribution < 1.29 is 14.0 Å². The molecule has 2 heterocycles. The zero-order valence-corrected chi connectivity index (χ0v) is 17.3. The molecule has 4 rings (SSSR count). The molecule has 8 heteroatoms. The molecule has 158 valence electrons. The lowest BCUT2D eigenvalue weighted by Gasteiger charge is -2.10. The minimum Gasteiger partial charge on any atom is -0.419 e. The average Bonchev–Trinajstić information content (AvgIpc) is 3.32. The van der Waals surface area contributed by atoms with Crippen LogP contribution in [0, 0.1) is 5.92 Å². The van der Waals surface area contributed by atoms with Crippen LogP contribution in [0.25, 0.3) is 22.5 Å². The molecule has 0 unspecified atom stereocenters. The van der Waals surface area contributed by atoms with Crippen LogP contribution in [0.4, 0.5) is 5.69 Å². The molecule has 0 saturated carbocycles. The van der Waals surface area contributed by atoms with Gasteiger partial charge in [0.2, 0.25) is 17.7 Å². The Bertz CT molecular complexity index is 1240. The number of benzene rings is 2. The molecule has 0 saturated heterocycles. The number of primary amides is 1. The standard InChI is InChI=1S/C23H23N5O3/c1-14(2)11-21-26-27-23(31-21)19-12-16-5-3-4-6-18(16)28(19)13-20(29)25-17-9-7-15(8-10-17)22(24)30/h3-10,12,14H,11,13H2,1-2H3,(H2,24,30)(H,25,29). The molecular formula is C23H23N5O3. The molecule has 3 N–H and O–H groups in total. The molecule has 0 aliphatic heterocycles. The van der Waals surface area contributed by atoms with E-state index in [0.717, 1.165) is 10.9 Å². The van der Waals surface area contributed by atoms with Gasteiger partial charge >= 0.3 is 0 Å². The zero-order chi connectivity index (χ0) is 22.0. The number of fused-ring (bicyclic) bond motifs is 1. The Morgan fingerprint density at radius 1 is 1.10 bits per heavy atom. The fraction of sp³-hybridized carbons (Fsp3) is 0.217. The molecule has 0 aliphatic carbocycles. The normalized spacial score (nSPS) is 11.2. The van der Waals surface area contributed by atoms with E-state index in [1.165, 1.54) is 0 Å². The molecule has 0 atom stereocenters. The summed E-state index contributed by atoms with van der Waals surface area (Å²) < 4.78 is 7.72. The van der Waals surface area contributed by atoms with Crippen LogP contribution in [-0.4, -0.2) is 26.6 Å². The molecule has 2 aromatic heterocycles. The first-order valence-electron chi connectivity index (χ1n) is 10.0. The van der Waals surface area contributed by atoms with Gasteiger partial charge in [-0.05, 0) is 42.3 Å². The summed E-state index contributed by atoms with van der Waals surface area (Å²) in [7, 11) is 0. The second-order valence-corrected chi connectivity index (χ2v) is 7.76. The molecule has 0 fully saturated rings. The molecule has 4 aromatic rings. The second kappa shape index (κ2) is 8.43. The maximum absolute atomic E-state index is 12.8. The molecule has 31 heavy (non-hydrogen) atoms. The number of hydrogen-bond acceptors (Lipinski definition) is 5. The molecule has 2 amide bonds. The van der Waals surface area contributed by atoms with E-state index >= 15 is 0 Å². The number of hydrogen-bond donors (Lipinski definition) is 2. The number of carbonyl (C=O) groups is 2. The fourth-order valence-electron chi connectivity index (χ4n) is 3.41. The van der Waals surface area contributed by atoms with Crippen molar-refractivity contribution in [1.29, 1.82) is 0 Å². The Kier molecular flexibility index (Phi) is 5.53. The number of para-hydroxylation sites is 1. The van der Waals surface area contributed by atoms with Crippen molar-refractivity contribution in [3.8, 4) is 11.6 Å². The number of rotatable bonds is 7. The molecule has 0 radical (unpaired) electrons. The maximum atomic E-state index is 12.8. The van der Waals surface area contributed by atoms with E-state index in [4.69, 9.17) is 10.2 Å². The molecule has 0 spiro atoms. The maximum Gasteiger partial charge on any atom is 0.264 e. The third-order valence-electron chi connectivity index (χ3n) is 4.83.